The molecule has 2 N–H and O–H groups in total. The number of carbonyl (C=O) groups excluding carboxylic acids is 1. The Bertz CT molecular complexity index is 367. The summed E-state index contributed by atoms with van der Waals surface area (Å²) in [7, 11) is 0. The quantitative estimate of drug-likeness (QED) is 0.836. The average Bonchev–Trinajstić information content (AvgIpc) is 2.77. The van der Waals surface area contributed by atoms with Gasteiger partial charge in [0.2, 0.25) is 0 Å². The van der Waals surface area contributed by atoms with E-state index in [9.17, 15) is 4.79 Å². The molecule has 1 aliphatic rings. The molecule has 1 amide bonds. The number of furan rings is 1. The lowest BCUT2D eigenvalue weighted by Crippen LogP contribution is -2.33. The van der Waals surface area contributed by atoms with Crippen molar-refractivity contribution in [1.82, 2.24) is 10.6 Å². The number of carbonyl (C=O) groups is 1. The molecule has 0 bridgehead atoms. The summed E-state index contributed by atoms with van der Waals surface area (Å²) in [5.74, 6) is 1.03. The number of hydrogen-bond donors (Lipinski definition) is 2. The maximum Gasteiger partial charge on any atom is 0.287 e. The molecule has 1 atom stereocenters. The highest BCUT2D eigenvalue weighted by atomic mass is 16.3. The first-order valence-electron chi connectivity index (χ1n) is 6.30. The van der Waals surface area contributed by atoms with Crippen molar-refractivity contribution in [3.63, 3.8) is 0 Å². The van der Waals surface area contributed by atoms with Gasteiger partial charge in [-0.3, -0.25) is 4.79 Å². The van der Waals surface area contributed by atoms with Gasteiger partial charge in [0.05, 0.1) is 6.26 Å². The largest absolute Gasteiger partial charge is 0.459 e. The fraction of sp³-hybridized carbons (Fsp3) is 0.615. The third-order valence-corrected chi connectivity index (χ3v) is 3.31. The molecular formula is C13H20N2O2. The van der Waals surface area contributed by atoms with E-state index in [0.29, 0.717) is 11.7 Å². The number of rotatable bonds is 4. The molecule has 0 spiro atoms. The number of amides is 1. The van der Waals surface area contributed by atoms with E-state index in [4.69, 9.17) is 4.42 Å². The molecule has 2 rings (SSSR count). The lowest BCUT2D eigenvalue weighted by atomic mass is 9.96. The number of hydrogen-bond acceptors (Lipinski definition) is 3. The summed E-state index contributed by atoms with van der Waals surface area (Å²) in [5, 5.41) is 6.29. The highest BCUT2D eigenvalue weighted by Gasteiger charge is 2.15. The Morgan fingerprint density at radius 3 is 3.18 bits per heavy atom. The van der Waals surface area contributed by atoms with Gasteiger partial charge in [0.15, 0.2) is 5.76 Å². The van der Waals surface area contributed by atoms with Gasteiger partial charge in [-0.2, -0.15) is 0 Å². The van der Waals surface area contributed by atoms with E-state index in [0.717, 1.165) is 31.6 Å². The summed E-state index contributed by atoms with van der Waals surface area (Å²) in [6.07, 6.45) is 5.10. The predicted octanol–water partition coefficient (Wildman–Crippen LogP) is 1.71. The Kier molecular flexibility index (Phi) is 4.20. The molecule has 2 heterocycles. The van der Waals surface area contributed by atoms with Gasteiger partial charge >= 0.3 is 0 Å². The molecule has 0 aliphatic carbocycles. The minimum Gasteiger partial charge on any atom is -0.459 e. The monoisotopic (exact) mass is 236 g/mol. The first kappa shape index (κ1) is 12.2. The van der Waals surface area contributed by atoms with Crippen LogP contribution in [0.1, 0.15) is 35.4 Å². The summed E-state index contributed by atoms with van der Waals surface area (Å²) in [6, 6.07) is 1.81. The molecular weight excluding hydrogens is 216 g/mol. The van der Waals surface area contributed by atoms with Crippen molar-refractivity contribution in [2.24, 2.45) is 5.92 Å². The van der Waals surface area contributed by atoms with Crippen LogP contribution in [0.25, 0.3) is 0 Å². The van der Waals surface area contributed by atoms with Gasteiger partial charge in [-0.15, -0.1) is 0 Å². The van der Waals surface area contributed by atoms with Gasteiger partial charge in [-0.1, -0.05) is 0 Å². The van der Waals surface area contributed by atoms with Crippen LogP contribution in [0.4, 0.5) is 0 Å². The average molecular weight is 236 g/mol. The van der Waals surface area contributed by atoms with Gasteiger partial charge < -0.3 is 15.1 Å². The highest BCUT2D eigenvalue weighted by Crippen LogP contribution is 2.13. The van der Waals surface area contributed by atoms with Gasteiger partial charge in [0.1, 0.15) is 0 Å². The minimum absolute atomic E-state index is 0.101. The van der Waals surface area contributed by atoms with Crippen molar-refractivity contribution in [3.8, 4) is 0 Å². The predicted molar refractivity (Wildman–Crippen MR) is 66.0 cm³/mol. The molecule has 1 aliphatic heterocycles. The molecule has 0 aromatic carbocycles. The van der Waals surface area contributed by atoms with Crippen LogP contribution in [0, 0.1) is 12.8 Å². The van der Waals surface area contributed by atoms with E-state index in [1.807, 2.05) is 6.92 Å². The van der Waals surface area contributed by atoms with Crippen LogP contribution >= 0.6 is 0 Å². The van der Waals surface area contributed by atoms with Crippen LogP contribution in [0.5, 0.6) is 0 Å². The first-order chi connectivity index (χ1) is 8.27. The zero-order valence-corrected chi connectivity index (χ0v) is 10.3. The molecule has 17 heavy (non-hydrogen) atoms. The Labute approximate surface area is 102 Å². The van der Waals surface area contributed by atoms with Gasteiger partial charge in [0, 0.05) is 12.1 Å². The second-order valence-electron chi connectivity index (χ2n) is 4.69. The summed E-state index contributed by atoms with van der Waals surface area (Å²) >= 11 is 0. The Morgan fingerprint density at radius 2 is 2.53 bits per heavy atom. The van der Waals surface area contributed by atoms with Crippen molar-refractivity contribution < 1.29 is 9.21 Å². The van der Waals surface area contributed by atoms with Crippen molar-refractivity contribution in [2.75, 3.05) is 19.6 Å². The molecule has 1 unspecified atom stereocenters. The SMILES string of the molecule is Cc1ccoc1C(=O)NCCC1CCCNC1. The van der Waals surface area contributed by atoms with Crippen LogP contribution in [0.3, 0.4) is 0 Å². The van der Waals surface area contributed by atoms with Gasteiger partial charge in [-0.05, 0) is 51.3 Å². The Morgan fingerprint density at radius 1 is 1.65 bits per heavy atom. The smallest absolute Gasteiger partial charge is 0.287 e. The fourth-order valence-electron chi connectivity index (χ4n) is 2.25. The normalized spacial score (nSPS) is 20.2. The standard InChI is InChI=1S/C13H20N2O2/c1-10-5-8-17-12(10)13(16)15-7-4-11-3-2-6-14-9-11/h5,8,11,14H,2-4,6-7,9H2,1H3,(H,15,16). The van der Waals surface area contributed by atoms with Crippen molar-refractivity contribution in [3.05, 3.63) is 23.7 Å². The molecule has 4 nitrogen and oxygen atoms in total. The molecule has 1 fully saturated rings. The molecule has 1 aromatic heterocycles. The minimum atomic E-state index is -0.101. The van der Waals surface area contributed by atoms with E-state index in [-0.39, 0.29) is 5.91 Å². The van der Waals surface area contributed by atoms with Crippen LogP contribution in [0.2, 0.25) is 0 Å². The third kappa shape index (κ3) is 3.33. The lowest BCUT2D eigenvalue weighted by molar-refractivity contribution is 0.0922. The fourth-order valence-corrected chi connectivity index (χ4v) is 2.25. The second-order valence-corrected chi connectivity index (χ2v) is 4.69. The molecule has 1 saturated heterocycles. The van der Waals surface area contributed by atoms with E-state index in [2.05, 4.69) is 10.6 Å². The number of piperidine rings is 1. The maximum absolute atomic E-state index is 11.7. The Hall–Kier alpha value is -1.29. The highest BCUT2D eigenvalue weighted by molar-refractivity contribution is 5.92. The molecule has 1 aromatic rings. The number of aryl methyl sites for hydroxylation is 1. The summed E-state index contributed by atoms with van der Waals surface area (Å²) in [5.41, 5.74) is 0.891. The number of nitrogens with one attached hydrogen (secondary N) is 2. The zero-order valence-electron chi connectivity index (χ0n) is 10.3. The van der Waals surface area contributed by atoms with Gasteiger partial charge in [0.25, 0.3) is 5.91 Å². The van der Waals surface area contributed by atoms with Crippen molar-refractivity contribution in [2.45, 2.75) is 26.2 Å². The lowest BCUT2D eigenvalue weighted by Gasteiger charge is -2.22. The second kappa shape index (κ2) is 5.87. The van der Waals surface area contributed by atoms with Crippen LogP contribution < -0.4 is 10.6 Å². The van der Waals surface area contributed by atoms with E-state index in [1.165, 1.54) is 12.8 Å². The summed E-state index contributed by atoms with van der Waals surface area (Å²) < 4.78 is 5.14. The van der Waals surface area contributed by atoms with Crippen LogP contribution in [0.15, 0.2) is 16.7 Å². The van der Waals surface area contributed by atoms with E-state index < -0.39 is 0 Å². The van der Waals surface area contributed by atoms with Crippen LogP contribution in [-0.4, -0.2) is 25.5 Å². The summed E-state index contributed by atoms with van der Waals surface area (Å²) in [4.78, 5) is 11.7. The maximum atomic E-state index is 11.7. The topological polar surface area (TPSA) is 54.3 Å². The molecule has 94 valence electrons. The molecule has 0 saturated carbocycles. The third-order valence-electron chi connectivity index (χ3n) is 3.31. The van der Waals surface area contributed by atoms with E-state index >= 15 is 0 Å². The van der Waals surface area contributed by atoms with Gasteiger partial charge in [-0.25, -0.2) is 0 Å². The zero-order chi connectivity index (χ0) is 12.1. The first-order valence-corrected chi connectivity index (χ1v) is 6.30. The van der Waals surface area contributed by atoms with Crippen molar-refractivity contribution in [1.29, 1.82) is 0 Å². The van der Waals surface area contributed by atoms with E-state index in [1.54, 1.807) is 12.3 Å². The summed E-state index contributed by atoms with van der Waals surface area (Å²) in [6.45, 7) is 4.82. The molecule has 0 radical (unpaired) electrons. The van der Waals surface area contributed by atoms with Crippen molar-refractivity contribution >= 4 is 5.91 Å². The molecule has 4 heteroatoms. The Balaban J connectivity index is 1.71. The van der Waals surface area contributed by atoms with Crippen LogP contribution in [-0.2, 0) is 0 Å².